The van der Waals surface area contributed by atoms with Crippen molar-refractivity contribution in [1.29, 1.82) is 0 Å². The first-order chi connectivity index (χ1) is 10.7. The molecule has 1 N–H and O–H groups in total. The van der Waals surface area contributed by atoms with Gasteiger partial charge in [-0.1, -0.05) is 30.3 Å². The maximum absolute atomic E-state index is 5.80. The molecule has 1 saturated heterocycles. The predicted molar refractivity (Wildman–Crippen MR) is 86.9 cm³/mol. The summed E-state index contributed by atoms with van der Waals surface area (Å²) in [5.41, 5.74) is 2.22. The van der Waals surface area contributed by atoms with Crippen LogP contribution in [0, 0.1) is 6.92 Å². The first-order valence-electron chi connectivity index (χ1n) is 7.65. The SMILES string of the molecule is Cc1nc([C@@H]2CNCCO2)cc(N(C)Cc2ccccc2)n1. The third kappa shape index (κ3) is 3.61. The summed E-state index contributed by atoms with van der Waals surface area (Å²) in [6.45, 7) is 5.18. The lowest BCUT2D eigenvalue weighted by atomic mass is 10.2. The number of nitrogens with one attached hydrogen (secondary N) is 1. The van der Waals surface area contributed by atoms with Gasteiger partial charge in [0.25, 0.3) is 0 Å². The Labute approximate surface area is 131 Å². The van der Waals surface area contributed by atoms with Gasteiger partial charge in [-0.25, -0.2) is 9.97 Å². The highest BCUT2D eigenvalue weighted by atomic mass is 16.5. The van der Waals surface area contributed by atoms with Crippen molar-refractivity contribution in [3.05, 3.63) is 53.5 Å². The predicted octanol–water partition coefficient (Wildman–Crippen LogP) is 2.08. The number of benzene rings is 1. The zero-order valence-corrected chi connectivity index (χ0v) is 13.1. The van der Waals surface area contributed by atoms with Gasteiger partial charge in [-0.2, -0.15) is 0 Å². The van der Waals surface area contributed by atoms with Gasteiger partial charge in [-0.3, -0.25) is 0 Å². The van der Waals surface area contributed by atoms with Crippen molar-refractivity contribution in [1.82, 2.24) is 15.3 Å². The van der Waals surface area contributed by atoms with E-state index in [4.69, 9.17) is 4.74 Å². The monoisotopic (exact) mass is 298 g/mol. The van der Waals surface area contributed by atoms with Gasteiger partial charge in [-0.05, 0) is 12.5 Å². The number of anilines is 1. The van der Waals surface area contributed by atoms with Gasteiger partial charge >= 0.3 is 0 Å². The molecule has 0 saturated carbocycles. The molecule has 0 unspecified atom stereocenters. The smallest absolute Gasteiger partial charge is 0.132 e. The standard InChI is InChI=1S/C17H22N4O/c1-13-19-15(16-11-18-8-9-22-16)10-17(20-13)21(2)12-14-6-4-3-5-7-14/h3-7,10,16,18H,8-9,11-12H2,1-2H3/t16-/m0/s1. The highest BCUT2D eigenvalue weighted by Crippen LogP contribution is 2.21. The zero-order chi connectivity index (χ0) is 15.4. The normalized spacial score (nSPS) is 18.2. The van der Waals surface area contributed by atoms with Gasteiger partial charge in [0.15, 0.2) is 0 Å². The molecule has 1 fully saturated rings. The quantitative estimate of drug-likeness (QED) is 0.936. The van der Waals surface area contributed by atoms with Crippen LogP contribution in [0.3, 0.4) is 0 Å². The molecule has 1 atom stereocenters. The maximum atomic E-state index is 5.80. The van der Waals surface area contributed by atoms with E-state index in [9.17, 15) is 0 Å². The molecule has 2 aromatic rings. The molecule has 0 amide bonds. The molecule has 0 aliphatic carbocycles. The van der Waals surface area contributed by atoms with Gasteiger partial charge in [0.2, 0.25) is 0 Å². The number of rotatable bonds is 4. The van der Waals surface area contributed by atoms with Crippen LogP contribution in [0.5, 0.6) is 0 Å². The van der Waals surface area contributed by atoms with Gasteiger partial charge in [0.1, 0.15) is 17.7 Å². The van der Waals surface area contributed by atoms with E-state index in [0.717, 1.165) is 43.6 Å². The molecular formula is C17H22N4O. The summed E-state index contributed by atoms with van der Waals surface area (Å²) in [7, 11) is 2.05. The van der Waals surface area contributed by atoms with Crippen molar-refractivity contribution >= 4 is 5.82 Å². The van der Waals surface area contributed by atoms with E-state index >= 15 is 0 Å². The summed E-state index contributed by atoms with van der Waals surface area (Å²) in [5, 5.41) is 3.34. The van der Waals surface area contributed by atoms with Crippen LogP contribution in [-0.2, 0) is 11.3 Å². The zero-order valence-electron chi connectivity index (χ0n) is 13.1. The van der Waals surface area contributed by atoms with Crippen molar-refractivity contribution < 1.29 is 4.74 Å². The van der Waals surface area contributed by atoms with Crippen LogP contribution in [0.4, 0.5) is 5.82 Å². The van der Waals surface area contributed by atoms with Crippen molar-refractivity contribution in [2.24, 2.45) is 0 Å². The van der Waals surface area contributed by atoms with Crippen LogP contribution in [0.1, 0.15) is 23.2 Å². The molecule has 5 nitrogen and oxygen atoms in total. The summed E-state index contributed by atoms with van der Waals surface area (Å²) in [4.78, 5) is 11.3. The van der Waals surface area contributed by atoms with E-state index < -0.39 is 0 Å². The molecule has 3 rings (SSSR count). The van der Waals surface area contributed by atoms with E-state index in [1.54, 1.807) is 0 Å². The molecule has 0 radical (unpaired) electrons. The number of nitrogens with zero attached hydrogens (tertiary/aromatic N) is 3. The molecule has 0 bridgehead atoms. The number of hydrogen-bond donors (Lipinski definition) is 1. The fourth-order valence-electron chi connectivity index (χ4n) is 2.63. The average molecular weight is 298 g/mol. The molecular weight excluding hydrogens is 276 g/mol. The fraction of sp³-hybridized carbons (Fsp3) is 0.412. The number of ether oxygens (including phenoxy) is 1. The molecule has 1 aliphatic rings. The van der Waals surface area contributed by atoms with E-state index in [-0.39, 0.29) is 6.10 Å². The molecule has 22 heavy (non-hydrogen) atoms. The van der Waals surface area contributed by atoms with Crippen LogP contribution in [0.15, 0.2) is 36.4 Å². The lowest BCUT2D eigenvalue weighted by Crippen LogP contribution is -2.34. The van der Waals surface area contributed by atoms with Crippen LogP contribution in [0.25, 0.3) is 0 Å². The van der Waals surface area contributed by atoms with Crippen molar-refractivity contribution in [2.45, 2.75) is 19.6 Å². The number of aromatic nitrogens is 2. The van der Waals surface area contributed by atoms with Gasteiger partial charge in [0.05, 0.1) is 12.3 Å². The molecule has 5 heteroatoms. The summed E-state index contributed by atoms with van der Waals surface area (Å²) < 4.78 is 5.80. The largest absolute Gasteiger partial charge is 0.369 e. The van der Waals surface area contributed by atoms with E-state index in [1.165, 1.54) is 5.56 Å². The number of aryl methyl sites for hydroxylation is 1. The van der Waals surface area contributed by atoms with E-state index in [0.29, 0.717) is 0 Å². The summed E-state index contributed by atoms with van der Waals surface area (Å²) in [6.07, 6.45) is 0.0133. The fourth-order valence-corrected chi connectivity index (χ4v) is 2.63. The number of hydrogen-bond acceptors (Lipinski definition) is 5. The molecule has 1 aliphatic heterocycles. The highest BCUT2D eigenvalue weighted by molar-refractivity contribution is 5.40. The average Bonchev–Trinajstić information content (AvgIpc) is 2.56. The van der Waals surface area contributed by atoms with Crippen LogP contribution < -0.4 is 10.2 Å². The van der Waals surface area contributed by atoms with Crippen molar-refractivity contribution in [2.75, 3.05) is 31.6 Å². The second-order valence-corrected chi connectivity index (χ2v) is 5.60. The van der Waals surface area contributed by atoms with Gasteiger partial charge in [-0.15, -0.1) is 0 Å². The molecule has 0 spiro atoms. The summed E-state index contributed by atoms with van der Waals surface area (Å²) in [5.74, 6) is 1.71. The third-order valence-corrected chi connectivity index (χ3v) is 3.76. The Balaban J connectivity index is 1.79. The highest BCUT2D eigenvalue weighted by Gasteiger charge is 2.19. The van der Waals surface area contributed by atoms with Gasteiger partial charge in [0, 0.05) is 32.7 Å². The first kappa shape index (κ1) is 14.9. The summed E-state index contributed by atoms with van der Waals surface area (Å²) in [6, 6.07) is 12.4. The lowest BCUT2D eigenvalue weighted by molar-refractivity contribution is 0.0249. The Morgan fingerprint density at radius 2 is 2.09 bits per heavy atom. The minimum absolute atomic E-state index is 0.0133. The minimum atomic E-state index is 0.0133. The molecule has 2 heterocycles. The Morgan fingerprint density at radius 1 is 1.27 bits per heavy atom. The second kappa shape index (κ2) is 6.85. The molecule has 1 aromatic heterocycles. The Kier molecular flexibility index (Phi) is 4.65. The first-order valence-corrected chi connectivity index (χ1v) is 7.65. The summed E-state index contributed by atoms with van der Waals surface area (Å²) >= 11 is 0. The Hall–Kier alpha value is -1.98. The van der Waals surface area contributed by atoms with E-state index in [1.807, 2.05) is 19.1 Å². The Morgan fingerprint density at radius 3 is 2.82 bits per heavy atom. The topological polar surface area (TPSA) is 50.3 Å². The minimum Gasteiger partial charge on any atom is -0.369 e. The molecule has 1 aromatic carbocycles. The van der Waals surface area contributed by atoms with Crippen molar-refractivity contribution in [3.63, 3.8) is 0 Å². The molecule has 116 valence electrons. The van der Waals surface area contributed by atoms with Crippen LogP contribution >= 0.6 is 0 Å². The van der Waals surface area contributed by atoms with Gasteiger partial charge < -0.3 is 15.0 Å². The second-order valence-electron chi connectivity index (χ2n) is 5.60. The number of morpholine rings is 1. The third-order valence-electron chi connectivity index (χ3n) is 3.76. The van der Waals surface area contributed by atoms with Crippen LogP contribution in [0.2, 0.25) is 0 Å². The lowest BCUT2D eigenvalue weighted by Gasteiger charge is -2.25. The van der Waals surface area contributed by atoms with Crippen LogP contribution in [-0.4, -0.2) is 36.7 Å². The Bertz CT molecular complexity index is 611. The van der Waals surface area contributed by atoms with E-state index in [2.05, 4.69) is 51.5 Å². The maximum Gasteiger partial charge on any atom is 0.132 e. The van der Waals surface area contributed by atoms with Crippen molar-refractivity contribution in [3.8, 4) is 0 Å².